The van der Waals surface area contributed by atoms with Gasteiger partial charge in [0.1, 0.15) is 0 Å². The molecule has 1 fully saturated rings. The Labute approximate surface area is 124 Å². The van der Waals surface area contributed by atoms with Crippen LogP contribution in [-0.4, -0.2) is 12.7 Å². The van der Waals surface area contributed by atoms with Crippen molar-refractivity contribution in [3.8, 4) is 0 Å². The molecule has 3 N–H and O–H groups in total. The molecule has 4 heteroatoms. The van der Waals surface area contributed by atoms with Crippen LogP contribution < -0.4 is 11.3 Å². The van der Waals surface area contributed by atoms with Crippen molar-refractivity contribution in [3.63, 3.8) is 0 Å². The highest BCUT2D eigenvalue weighted by Gasteiger charge is 2.41. The van der Waals surface area contributed by atoms with Crippen molar-refractivity contribution in [3.05, 3.63) is 35.2 Å². The van der Waals surface area contributed by atoms with E-state index in [4.69, 9.17) is 10.6 Å². The summed E-state index contributed by atoms with van der Waals surface area (Å²) in [5.74, 6) is 5.93. The summed E-state index contributed by atoms with van der Waals surface area (Å²) >= 11 is 1.78. The van der Waals surface area contributed by atoms with E-state index >= 15 is 0 Å². The zero-order chi connectivity index (χ0) is 14.0. The lowest BCUT2D eigenvalue weighted by Crippen LogP contribution is -2.49. The minimum absolute atomic E-state index is 0.0511. The molecule has 0 aliphatic heterocycles. The van der Waals surface area contributed by atoms with E-state index in [0.29, 0.717) is 0 Å². The first-order valence-corrected chi connectivity index (χ1v) is 8.16. The van der Waals surface area contributed by atoms with Crippen molar-refractivity contribution in [1.82, 2.24) is 5.43 Å². The third-order valence-electron chi connectivity index (χ3n) is 4.62. The Morgan fingerprint density at radius 2 is 2.05 bits per heavy atom. The quantitative estimate of drug-likeness (QED) is 0.666. The molecule has 0 radical (unpaired) electrons. The summed E-state index contributed by atoms with van der Waals surface area (Å²) in [7, 11) is 1.82. The van der Waals surface area contributed by atoms with Gasteiger partial charge in [-0.3, -0.25) is 11.3 Å². The first-order chi connectivity index (χ1) is 9.80. The number of methoxy groups -OCH3 is 1. The zero-order valence-electron chi connectivity index (χ0n) is 11.9. The van der Waals surface area contributed by atoms with Gasteiger partial charge in [0.25, 0.3) is 0 Å². The fourth-order valence-electron chi connectivity index (χ4n) is 3.53. The maximum Gasteiger partial charge on any atom is 0.0885 e. The Morgan fingerprint density at radius 1 is 1.25 bits per heavy atom. The van der Waals surface area contributed by atoms with Gasteiger partial charge in [-0.15, -0.1) is 11.3 Å². The Kier molecular flexibility index (Phi) is 4.08. The molecule has 108 valence electrons. The van der Waals surface area contributed by atoms with Crippen LogP contribution in [0.25, 0.3) is 10.1 Å². The lowest BCUT2D eigenvalue weighted by Gasteiger charge is -2.42. The van der Waals surface area contributed by atoms with E-state index in [2.05, 4.69) is 35.1 Å². The number of hydrogen-bond acceptors (Lipinski definition) is 4. The maximum atomic E-state index is 5.97. The second-order valence-electron chi connectivity index (χ2n) is 5.62. The van der Waals surface area contributed by atoms with Gasteiger partial charge in [-0.25, -0.2) is 0 Å². The van der Waals surface area contributed by atoms with Gasteiger partial charge in [-0.2, -0.15) is 0 Å². The number of hydrogen-bond donors (Lipinski definition) is 2. The zero-order valence-corrected chi connectivity index (χ0v) is 12.7. The number of fused-ring (bicyclic) bond motifs is 1. The molecule has 1 aliphatic rings. The second-order valence-corrected chi connectivity index (χ2v) is 6.53. The summed E-state index contributed by atoms with van der Waals surface area (Å²) in [5.41, 5.74) is 4.14. The van der Waals surface area contributed by atoms with E-state index in [9.17, 15) is 0 Å². The van der Waals surface area contributed by atoms with E-state index in [-0.39, 0.29) is 11.6 Å². The summed E-state index contributed by atoms with van der Waals surface area (Å²) in [6, 6.07) is 8.66. The van der Waals surface area contributed by atoms with Crippen molar-refractivity contribution in [2.24, 2.45) is 5.84 Å². The molecule has 1 saturated carbocycles. The van der Waals surface area contributed by atoms with E-state index in [1.54, 1.807) is 11.3 Å². The molecule has 3 rings (SSSR count). The SMILES string of the molecule is COC1(C(NN)c2cccc3ccsc23)CCCCC1. The Morgan fingerprint density at radius 3 is 2.75 bits per heavy atom. The van der Waals surface area contributed by atoms with Gasteiger partial charge in [0.05, 0.1) is 11.6 Å². The molecule has 2 aromatic rings. The van der Waals surface area contributed by atoms with Gasteiger partial charge < -0.3 is 4.74 Å². The highest BCUT2D eigenvalue weighted by molar-refractivity contribution is 7.17. The van der Waals surface area contributed by atoms with Crippen LogP contribution >= 0.6 is 11.3 Å². The fourth-order valence-corrected chi connectivity index (χ4v) is 4.47. The van der Waals surface area contributed by atoms with Crippen LogP contribution in [-0.2, 0) is 4.74 Å². The van der Waals surface area contributed by atoms with Crippen molar-refractivity contribution >= 4 is 21.4 Å². The lowest BCUT2D eigenvalue weighted by atomic mass is 9.76. The molecule has 0 spiro atoms. The molecule has 1 aromatic heterocycles. The third kappa shape index (κ3) is 2.27. The predicted octanol–water partition coefficient (Wildman–Crippen LogP) is 3.76. The number of nitrogens with two attached hydrogens (primary N) is 1. The molecule has 3 nitrogen and oxygen atoms in total. The number of rotatable bonds is 4. The number of thiophene rings is 1. The van der Waals surface area contributed by atoms with Gasteiger partial charge in [0.15, 0.2) is 0 Å². The lowest BCUT2D eigenvalue weighted by molar-refractivity contribution is -0.0684. The van der Waals surface area contributed by atoms with Crippen LogP contribution in [0.4, 0.5) is 0 Å². The third-order valence-corrected chi connectivity index (χ3v) is 5.60. The summed E-state index contributed by atoms with van der Waals surface area (Å²) in [5, 5.41) is 3.43. The Balaban J connectivity index is 2.06. The first kappa shape index (κ1) is 14.0. The van der Waals surface area contributed by atoms with Crippen molar-refractivity contribution < 1.29 is 4.74 Å². The van der Waals surface area contributed by atoms with Gasteiger partial charge >= 0.3 is 0 Å². The molecule has 0 amide bonds. The van der Waals surface area contributed by atoms with Gasteiger partial charge in [0.2, 0.25) is 0 Å². The fraction of sp³-hybridized carbons (Fsp3) is 0.500. The summed E-state index contributed by atoms with van der Waals surface area (Å²) in [4.78, 5) is 0. The number of nitrogens with one attached hydrogen (secondary N) is 1. The molecule has 1 aliphatic carbocycles. The van der Waals surface area contributed by atoms with E-state index in [0.717, 1.165) is 12.8 Å². The van der Waals surface area contributed by atoms with E-state index in [1.807, 2.05) is 7.11 Å². The number of ether oxygens (including phenoxy) is 1. The maximum absolute atomic E-state index is 5.97. The summed E-state index contributed by atoms with van der Waals surface area (Å²) in [6.07, 6.45) is 5.87. The summed E-state index contributed by atoms with van der Waals surface area (Å²) < 4.78 is 7.29. The molecule has 1 atom stereocenters. The van der Waals surface area contributed by atoms with E-state index < -0.39 is 0 Å². The smallest absolute Gasteiger partial charge is 0.0885 e. The molecule has 1 aromatic carbocycles. The van der Waals surface area contributed by atoms with Gasteiger partial charge in [0, 0.05) is 11.8 Å². The van der Waals surface area contributed by atoms with Crippen LogP contribution in [0.5, 0.6) is 0 Å². The van der Waals surface area contributed by atoms with Crippen LogP contribution in [0.15, 0.2) is 29.6 Å². The van der Waals surface area contributed by atoms with Gasteiger partial charge in [-0.1, -0.05) is 37.5 Å². The van der Waals surface area contributed by atoms with Gasteiger partial charge in [-0.05, 0) is 35.2 Å². The summed E-state index contributed by atoms with van der Waals surface area (Å²) in [6.45, 7) is 0. The van der Waals surface area contributed by atoms with Crippen LogP contribution in [0.1, 0.15) is 43.7 Å². The highest BCUT2D eigenvalue weighted by atomic mass is 32.1. The minimum atomic E-state index is -0.175. The molecule has 0 saturated heterocycles. The predicted molar refractivity (Wildman–Crippen MR) is 84.7 cm³/mol. The standard InChI is InChI=1S/C16H22N2OS/c1-19-16(9-3-2-4-10-16)15(18-17)13-7-5-6-12-8-11-20-14(12)13/h5-8,11,15,18H,2-4,9-10,17H2,1H3. The normalized spacial score (nSPS) is 20.1. The highest BCUT2D eigenvalue weighted by Crippen LogP contribution is 2.43. The molecular weight excluding hydrogens is 268 g/mol. The topological polar surface area (TPSA) is 47.3 Å². The second kappa shape index (κ2) is 5.82. The monoisotopic (exact) mass is 290 g/mol. The Bertz CT molecular complexity index is 575. The van der Waals surface area contributed by atoms with Crippen LogP contribution in [0.2, 0.25) is 0 Å². The average Bonchev–Trinajstić information content (AvgIpc) is 2.98. The van der Waals surface area contributed by atoms with Crippen LogP contribution in [0, 0.1) is 0 Å². The van der Waals surface area contributed by atoms with Crippen molar-refractivity contribution in [1.29, 1.82) is 0 Å². The molecule has 1 unspecified atom stereocenters. The number of hydrazine groups is 1. The molecular formula is C16H22N2OS. The van der Waals surface area contributed by atoms with E-state index in [1.165, 1.54) is 34.9 Å². The first-order valence-electron chi connectivity index (χ1n) is 7.28. The van der Waals surface area contributed by atoms with Crippen molar-refractivity contribution in [2.45, 2.75) is 43.7 Å². The van der Waals surface area contributed by atoms with Crippen LogP contribution in [0.3, 0.4) is 0 Å². The number of benzene rings is 1. The molecule has 20 heavy (non-hydrogen) atoms. The molecule has 1 heterocycles. The largest absolute Gasteiger partial charge is 0.376 e. The molecule has 0 bridgehead atoms. The minimum Gasteiger partial charge on any atom is -0.376 e. The van der Waals surface area contributed by atoms with Crippen molar-refractivity contribution in [2.75, 3.05) is 7.11 Å². The Hall–Kier alpha value is -0.940. The average molecular weight is 290 g/mol.